The first-order chi connectivity index (χ1) is 13.6. The van der Waals surface area contributed by atoms with E-state index in [2.05, 4.69) is 10.0 Å². The Morgan fingerprint density at radius 3 is 2.41 bits per heavy atom. The molecule has 0 saturated carbocycles. The number of aryl methyl sites for hydroxylation is 1. The van der Waals surface area contributed by atoms with Crippen LogP contribution in [-0.2, 0) is 19.6 Å². The number of nitrogens with one attached hydrogen (secondary N) is 2. The molecule has 0 fully saturated rings. The molecule has 2 aromatic rings. The number of esters is 1. The van der Waals surface area contributed by atoms with Crippen LogP contribution in [0.4, 0.5) is 5.69 Å². The maximum Gasteiger partial charge on any atom is 0.339 e. The molecule has 0 aliphatic rings. The second-order valence-electron chi connectivity index (χ2n) is 6.58. The molecule has 156 valence electrons. The molecule has 1 amide bonds. The quantitative estimate of drug-likeness (QED) is 0.635. The number of anilines is 1. The number of amides is 1. The predicted molar refractivity (Wildman–Crippen MR) is 109 cm³/mol. The average molecular weight is 420 g/mol. The van der Waals surface area contributed by atoms with Crippen molar-refractivity contribution >= 4 is 27.6 Å². The molecule has 2 N–H and O–H groups in total. The van der Waals surface area contributed by atoms with Crippen LogP contribution in [0.3, 0.4) is 0 Å². The van der Waals surface area contributed by atoms with Gasteiger partial charge in [0, 0.05) is 6.04 Å². The molecule has 2 aromatic carbocycles. The monoisotopic (exact) mass is 420 g/mol. The van der Waals surface area contributed by atoms with E-state index in [4.69, 9.17) is 9.47 Å². The van der Waals surface area contributed by atoms with E-state index in [1.165, 1.54) is 31.4 Å². The highest BCUT2D eigenvalue weighted by Gasteiger charge is 2.17. The molecular weight excluding hydrogens is 396 g/mol. The lowest BCUT2D eigenvalue weighted by molar-refractivity contribution is -0.118. The molecule has 0 aliphatic heterocycles. The third kappa shape index (κ3) is 6.03. The van der Waals surface area contributed by atoms with Crippen LogP contribution in [0.2, 0.25) is 0 Å². The molecular formula is C20H24N2O6S. The number of hydrogen-bond donors (Lipinski definition) is 2. The van der Waals surface area contributed by atoms with Gasteiger partial charge in [-0.25, -0.2) is 17.9 Å². The molecule has 0 spiro atoms. The van der Waals surface area contributed by atoms with Crippen LogP contribution in [0.15, 0.2) is 47.4 Å². The number of ether oxygens (including phenoxy) is 2. The molecule has 29 heavy (non-hydrogen) atoms. The van der Waals surface area contributed by atoms with Gasteiger partial charge in [0.15, 0.2) is 6.61 Å². The Labute approximate surface area is 170 Å². The fraction of sp³-hybridized carbons (Fsp3) is 0.300. The number of carbonyl (C=O) groups is 2. The number of hydrogen-bond acceptors (Lipinski definition) is 6. The van der Waals surface area contributed by atoms with Crippen LogP contribution in [0.5, 0.6) is 5.75 Å². The zero-order chi connectivity index (χ0) is 21.6. The maximum absolute atomic E-state index is 12.2. The van der Waals surface area contributed by atoms with Gasteiger partial charge < -0.3 is 14.8 Å². The van der Waals surface area contributed by atoms with Crippen LogP contribution >= 0.6 is 0 Å². The van der Waals surface area contributed by atoms with E-state index in [0.717, 1.165) is 0 Å². The lowest BCUT2D eigenvalue weighted by Crippen LogP contribution is -2.30. The highest BCUT2D eigenvalue weighted by atomic mass is 32.2. The summed E-state index contributed by atoms with van der Waals surface area (Å²) in [6.07, 6.45) is 0. The SMILES string of the molecule is COC(=O)c1ccccc1NC(=O)COc1ccc(S(=O)(=O)NC(C)C)cc1C. The molecule has 0 saturated heterocycles. The van der Waals surface area contributed by atoms with Crippen molar-refractivity contribution in [2.75, 3.05) is 19.0 Å². The third-order valence-electron chi connectivity index (χ3n) is 3.81. The van der Waals surface area contributed by atoms with Gasteiger partial charge in [-0.3, -0.25) is 4.79 Å². The summed E-state index contributed by atoms with van der Waals surface area (Å²) < 4.78 is 37.2. The molecule has 8 nitrogen and oxygen atoms in total. The number of methoxy groups -OCH3 is 1. The lowest BCUT2D eigenvalue weighted by Gasteiger charge is -2.13. The zero-order valence-electron chi connectivity index (χ0n) is 16.7. The van der Waals surface area contributed by atoms with Crippen LogP contribution in [-0.4, -0.2) is 40.1 Å². The van der Waals surface area contributed by atoms with Gasteiger partial charge in [0.1, 0.15) is 5.75 Å². The lowest BCUT2D eigenvalue weighted by atomic mass is 10.2. The fourth-order valence-corrected chi connectivity index (χ4v) is 3.87. The Balaban J connectivity index is 2.05. The Bertz CT molecular complexity index is 1000. The van der Waals surface area contributed by atoms with Gasteiger partial charge in [0.2, 0.25) is 10.0 Å². The molecule has 0 radical (unpaired) electrons. The highest BCUT2D eigenvalue weighted by Crippen LogP contribution is 2.22. The summed E-state index contributed by atoms with van der Waals surface area (Å²) in [6, 6.07) is 10.6. The molecule has 2 rings (SSSR count). The normalized spacial score (nSPS) is 11.2. The summed E-state index contributed by atoms with van der Waals surface area (Å²) in [5.41, 5.74) is 1.11. The first-order valence-corrected chi connectivity index (χ1v) is 10.4. The molecule has 9 heteroatoms. The van der Waals surface area contributed by atoms with Crippen molar-refractivity contribution in [2.24, 2.45) is 0 Å². The van der Waals surface area contributed by atoms with Gasteiger partial charge in [-0.1, -0.05) is 12.1 Å². The average Bonchev–Trinajstić information content (AvgIpc) is 2.65. The van der Waals surface area contributed by atoms with E-state index in [1.54, 1.807) is 39.0 Å². The van der Waals surface area contributed by atoms with Crippen molar-refractivity contribution in [2.45, 2.75) is 31.7 Å². The highest BCUT2D eigenvalue weighted by molar-refractivity contribution is 7.89. The minimum atomic E-state index is -3.61. The van der Waals surface area contributed by atoms with Crippen molar-refractivity contribution in [3.8, 4) is 5.75 Å². The fourth-order valence-electron chi connectivity index (χ4n) is 2.54. The minimum absolute atomic E-state index is 0.118. The second-order valence-corrected chi connectivity index (χ2v) is 8.29. The van der Waals surface area contributed by atoms with E-state index >= 15 is 0 Å². The Hall–Kier alpha value is -2.91. The Morgan fingerprint density at radius 1 is 1.10 bits per heavy atom. The molecule has 0 bridgehead atoms. The molecule has 0 heterocycles. The minimum Gasteiger partial charge on any atom is -0.483 e. The summed E-state index contributed by atoms with van der Waals surface area (Å²) in [4.78, 5) is 24.1. The van der Waals surface area contributed by atoms with Crippen molar-refractivity contribution in [1.29, 1.82) is 0 Å². The van der Waals surface area contributed by atoms with Crippen LogP contribution < -0.4 is 14.8 Å². The molecule has 0 aromatic heterocycles. The number of para-hydroxylation sites is 1. The van der Waals surface area contributed by atoms with E-state index in [-0.39, 0.29) is 23.1 Å². The van der Waals surface area contributed by atoms with Crippen LogP contribution in [0.1, 0.15) is 29.8 Å². The van der Waals surface area contributed by atoms with Gasteiger partial charge in [-0.05, 0) is 56.7 Å². The van der Waals surface area contributed by atoms with Crippen molar-refractivity contribution in [1.82, 2.24) is 4.72 Å². The maximum atomic E-state index is 12.2. The van der Waals surface area contributed by atoms with Crippen molar-refractivity contribution in [3.05, 3.63) is 53.6 Å². The van der Waals surface area contributed by atoms with Gasteiger partial charge in [0.25, 0.3) is 5.91 Å². The summed E-state index contributed by atoms with van der Waals surface area (Å²) in [6.45, 7) is 4.85. The van der Waals surface area contributed by atoms with Gasteiger partial charge in [-0.2, -0.15) is 0 Å². The standard InChI is InChI=1S/C20H24N2O6S/c1-13(2)22-29(25,26)15-9-10-18(14(3)11-15)28-12-19(23)21-17-8-6-5-7-16(17)20(24)27-4/h5-11,13,22H,12H2,1-4H3,(H,21,23). The molecule has 0 aliphatic carbocycles. The predicted octanol–water partition coefficient (Wildman–Crippen LogP) is 2.49. The van der Waals surface area contributed by atoms with Gasteiger partial charge in [-0.15, -0.1) is 0 Å². The van der Waals surface area contributed by atoms with Crippen molar-refractivity contribution in [3.63, 3.8) is 0 Å². The van der Waals surface area contributed by atoms with E-state index in [1.807, 2.05) is 0 Å². The molecule has 0 unspecified atom stereocenters. The topological polar surface area (TPSA) is 111 Å². The second kappa shape index (κ2) is 9.53. The first-order valence-electron chi connectivity index (χ1n) is 8.87. The third-order valence-corrected chi connectivity index (χ3v) is 5.47. The summed E-state index contributed by atoms with van der Waals surface area (Å²) in [5.74, 6) is -0.659. The van der Waals surface area contributed by atoms with Crippen LogP contribution in [0.25, 0.3) is 0 Å². The summed E-state index contributed by atoms with van der Waals surface area (Å²) in [5, 5.41) is 2.60. The first kappa shape index (κ1) is 22.4. The zero-order valence-corrected chi connectivity index (χ0v) is 17.5. The Kier molecular flexibility index (Phi) is 7.35. The number of sulfonamides is 1. The van der Waals surface area contributed by atoms with E-state index in [0.29, 0.717) is 17.0 Å². The number of carbonyl (C=O) groups excluding carboxylic acids is 2. The van der Waals surface area contributed by atoms with E-state index in [9.17, 15) is 18.0 Å². The Morgan fingerprint density at radius 2 is 1.79 bits per heavy atom. The molecule has 0 atom stereocenters. The largest absolute Gasteiger partial charge is 0.483 e. The van der Waals surface area contributed by atoms with Crippen LogP contribution in [0, 0.1) is 6.92 Å². The summed E-state index contributed by atoms with van der Waals surface area (Å²) >= 11 is 0. The number of rotatable bonds is 8. The van der Waals surface area contributed by atoms with Gasteiger partial charge in [0.05, 0.1) is 23.3 Å². The van der Waals surface area contributed by atoms with E-state index < -0.39 is 21.9 Å². The summed E-state index contributed by atoms with van der Waals surface area (Å²) in [7, 11) is -2.36. The van der Waals surface area contributed by atoms with Gasteiger partial charge >= 0.3 is 5.97 Å². The smallest absolute Gasteiger partial charge is 0.339 e. The van der Waals surface area contributed by atoms with Crippen molar-refractivity contribution < 1.29 is 27.5 Å². The number of benzene rings is 2.